The van der Waals surface area contributed by atoms with Crippen LogP contribution in [0.1, 0.15) is 37.4 Å². The van der Waals surface area contributed by atoms with Gasteiger partial charge in [0, 0.05) is 18.3 Å². The summed E-state index contributed by atoms with van der Waals surface area (Å²) in [4.78, 5) is 6.98. The molecule has 1 aromatic rings. The van der Waals surface area contributed by atoms with Gasteiger partial charge < -0.3 is 10.0 Å². The molecule has 0 atom stereocenters. The third-order valence-corrected chi connectivity index (χ3v) is 3.93. The van der Waals surface area contributed by atoms with Crippen LogP contribution in [-0.2, 0) is 12.0 Å². The minimum absolute atomic E-state index is 0.800. The van der Waals surface area contributed by atoms with Crippen LogP contribution in [0.3, 0.4) is 0 Å². The van der Waals surface area contributed by atoms with Gasteiger partial charge in [0.05, 0.1) is 10.7 Å². The predicted octanol–water partition coefficient (Wildman–Crippen LogP) is 2.01. The van der Waals surface area contributed by atoms with Gasteiger partial charge >= 0.3 is 0 Å². The highest BCUT2D eigenvalue weighted by molar-refractivity contribution is 7.09. The first-order valence-electron chi connectivity index (χ1n) is 5.95. The average molecular weight is 240 g/mol. The highest BCUT2D eigenvalue weighted by atomic mass is 32.1. The van der Waals surface area contributed by atoms with E-state index in [-0.39, 0.29) is 0 Å². The summed E-state index contributed by atoms with van der Waals surface area (Å²) >= 11 is 1.66. The fraction of sp³-hybridized carbons (Fsp3) is 0.750. The molecule has 1 aromatic heterocycles. The number of rotatable bonds is 4. The Morgan fingerprint density at radius 3 is 2.69 bits per heavy atom. The van der Waals surface area contributed by atoms with E-state index in [1.807, 2.05) is 5.38 Å². The molecule has 4 heteroatoms. The SMILES string of the molecule is CC(C)(O)c1csc(CCN2CCCC2)n1. The van der Waals surface area contributed by atoms with E-state index >= 15 is 0 Å². The van der Waals surface area contributed by atoms with Crippen LogP contribution in [0, 0.1) is 0 Å². The molecule has 1 aliphatic heterocycles. The van der Waals surface area contributed by atoms with E-state index in [9.17, 15) is 5.11 Å². The number of thiazole rings is 1. The van der Waals surface area contributed by atoms with Crippen LogP contribution in [-0.4, -0.2) is 34.6 Å². The van der Waals surface area contributed by atoms with Crippen LogP contribution in [0.5, 0.6) is 0 Å². The summed E-state index contributed by atoms with van der Waals surface area (Å²) in [6.07, 6.45) is 3.69. The second kappa shape index (κ2) is 4.82. The molecule has 0 amide bonds. The molecule has 90 valence electrons. The Bertz CT molecular complexity index is 337. The maximum atomic E-state index is 9.82. The van der Waals surface area contributed by atoms with Gasteiger partial charge in [0.25, 0.3) is 0 Å². The zero-order valence-electron chi connectivity index (χ0n) is 10.1. The van der Waals surface area contributed by atoms with E-state index in [1.165, 1.54) is 25.9 Å². The zero-order chi connectivity index (χ0) is 11.6. The normalized spacial score (nSPS) is 18.2. The van der Waals surface area contributed by atoms with Gasteiger partial charge in [-0.05, 0) is 39.8 Å². The van der Waals surface area contributed by atoms with Gasteiger partial charge in [0.15, 0.2) is 0 Å². The van der Waals surface area contributed by atoms with Crippen molar-refractivity contribution in [2.75, 3.05) is 19.6 Å². The van der Waals surface area contributed by atoms with Crippen molar-refractivity contribution in [1.29, 1.82) is 0 Å². The molecule has 0 aromatic carbocycles. The summed E-state index contributed by atoms with van der Waals surface area (Å²) in [6.45, 7) is 7.16. The van der Waals surface area contributed by atoms with E-state index in [4.69, 9.17) is 0 Å². The summed E-state index contributed by atoms with van der Waals surface area (Å²) in [5.41, 5.74) is -0.00325. The molecule has 1 aliphatic rings. The second-order valence-corrected chi connectivity index (χ2v) is 5.93. The lowest BCUT2D eigenvalue weighted by atomic mass is 10.1. The van der Waals surface area contributed by atoms with Crippen molar-refractivity contribution < 1.29 is 5.11 Å². The molecule has 2 rings (SSSR count). The lowest BCUT2D eigenvalue weighted by molar-refractivity contribution is 0.0743. The predicted molar refractivity (Wildman–Crippen MR) is 66.7 cm³/mol. The van der Waals surface area contributed by atoms with Crippen LogP contribution in [0.4, 0.5) is 0 Å². The maximum Gasteiger partial charge on any atom is 0.102 e. The van der Waals surface area contributed by atoms with E-state index in [0.717, 1.165) is 23.7 Å². The minimum atomic E-state index is -0.803. The molecule has 0 bridgehead atoms. The molecule has 0 aliphatic carbocycles. The molecule has 1 N–H and O–H groups in total. The molecular weight excluding hydrogens is 220 g/mol. The number of nitrogens with zero attached hydrogens (tertiary/aromatic N) is 2. The first kappa shape index (κ1) is 12.0. The summed E-state index contributed by atoms with van der Waals surface area (Å²) in [7, 11) is 0. The van der Waals surface area contributed by atoms with Crippen LogP contribution in [0.15, 0.2) is 5.38 Å². The highest BCUT2D eigenvalue weighted by Gasteiger charge is 2.20. The van der Waals surface area contributed by atoms with E-state index in [1.54, 1.807) is 25.2 Å². The third kappa shape index (κ3) is 3.03. The minimum Gasteiger partial charge on any atom is -0.384 e. The van der Waals surface area contributed by atoms with Crippen LogP contribution in [0.2, 0.25) is 0 Å². The Morgan fingerprint density at radius 2 is 2.12 bits per heavy atom. The molecular formula is C12H20N2OS. The highest BCUT2D eigenvalue weighted by Crippen LogP contribution is 2.22. The standard InChI is InChI=1S/C12H20N2OS/c1-12(2,15)10-9-16-11(13-10)5-8-14-6-3-4-7-14/h9,15H,3-8H2,1-2H3. The lowest BCUT2D eigenvalue weighted by Crippen LogP contribution is -2.22. The van der Waals surface area contributed by atoms with Crippen molar-refractivity contribution in [1.82, 2.24) is 9.88 Å². The topological polar surface area (TPSA) is 36.4 Å². The summed E-state index contributed by atoms with van der Waals surface area (Å²) < 4.78 is 0. The van der Waals surface area contributed by atoms with Crippen LogP contribution >= 0.6 is 11.3 Å². The van der Waals surface area contributed by atoms with Crippen molar-refractivity contribution in [3.63, 3.8) is 0 Å². The lowest BCUT2D eigenvalue weighted by Gasteiger charge is -2.14. The van der Waals surface area contributed by atoms with E-state index in [2.05, 4.69) is 9.88 Å². The largest absolute Gasteiger partial charge is 0.384 e. The Balaban J connectivity index is 1.87. The fourth-order valence-corrected chi connectivity index (χ4v) is 2.92. The average Bonchev–Trinajstić information content (AvgIpc) is 2.85. The van der Waals surface area contributed by atoms with Crippen molar-refractivity contribution in [3.05, 3.63) is 16.1 Å². The molecule has 1 saturated heterocycles. The maximum absolute atomic E-state index is 9.82. The zero-order valence-corrected chi connectivity index (χ0v) is 10.9. The summed E-state index contributed by atoms with van der Waals surface area (Å²) in [5, 5.41) is 12.9. The van der Waals surface area contributed by atoms with Gasteiger partial charge in [-0.25, -0.2) is 4.98 Å². The Hall–Kier alpha value is -0.450. The van der Waals surface area contributed by atoms with Gasteiger partial charge in [-0.3, -0.25) is 0 Å². The monoisotopic (exact) mass is 240 g/mol. The van der Waals surface area contributed by atoms with E-state index < -0.39 is 5.60 Å². The van der Waals surface area contributed by atoms with Gasteiger partial charge in [-0.1, -0.05) is 0 Å². The first-order valence-corrected chi connectivity index (χ1v) is 6.83. The fourth-order valence-electron chi connectivity index (χ4n) is 1.97. The Morgan fingerprint density at radius 1 is 1.44 bits per heavy atom. The van der Waals surface area contributed by atoms with Crippen LogP contribution in [0.25, 0.3) is 0 Å². The molecule has 1 fully saturated rings. The number of aliphatic hydroxyl groups is 1. The second-order valence-electron chi connectivity index (χ2n) is 4.98. The van der Waals surface area contributed by atoms with Gasteiger partial charge in [-0.2, -0.15) is 0 Å². The quantitative estimate of drug-likeness (QED) is 0.874. The number of likely N-dealkylation sites (tertiary alicyclic amines) is 1. The van der Waals surface area contributed by atoms with Crippen molar-refractivity contribution >= 4 is 11.3 Å². The summed E-state index contributed by atoms with van der Waals surface area (Å²) in [6, 6.07) is 0. The third-order valence-electron chi connectivity index (χ3n) is 3.02. The molecule has 2 heterocycles. The smallest absolute Gasteiger partial charge is 0.102 e. The molecule has 0 saturated carbocycles. The number of hydrogen-bond donors (Lipinski definition) is 1. The summed E-state index contributed by atoms with van der Waals surface area (Å²) in [5.74, 6) is 0. The molecule has 16 heavy (non-hydrogen) atoms. The molecule has 0 unspecified atom stereocenters. The molecule has 0 radical (unpaired) electrons. The molecule has 0 spiro atoms. The van der Waals surface area contributed by atoms with E-state index in [0.29, 0.717) is 0 Å². The first-order chi connectivity index (χ1) is 7.55. The van der Waals surface area contributed by atoms with Gasteiger partial charge in [0.2, 0.25) is 0 Å². The van der Waals surface area contributed by atoms with Crippen molar-refractivity contribution in [3.8, 4) is 0 Å². The van der Waals surface area contributed by atoms with Crippen molar-refractivity contribution in [2.24, 2.45) is 0 Å². The van der Waals surface area contributed by atoms with Crippen molar-refractivity contribution in [2.45, 2.75) is 38.7 Å². The molecule has 3 nitrogen and oxygen atoms in total. The number of aromatic nitrogens is 1. The Labute approximate surface area is 101 Å². The van der Waals surface area contributed by atoms with Gasteiger partial charge in [0.1, 0.15) is 5.60 Å². The van der Waals surface area contributed by atoms with Crippen LogP contribution < -0.4 is 0 Å². The Kier molecular flexibility index (Phi) is 3.62. The number of hydrogen-bond acceptors (Lipinski definition) is 4. The van der Waals surface area contributed by atoms with Gasteiger partial charge in [-0.15, -0.1) is 11.3 Å².